The molecule has 6 nitrogen and oxygen atoms in total. The lowest BCUT2D eigenvalue weighted by molar-refractivity contribution is 0.161. The molecule has 0 amide bonds. The fourth-order valence-corrected chi connectivity index (χ4v) is 4.23. The zero-order valence-corrected chi connectivity index (χ0v) is 17.6. The van der Waals surface area contributed by atoms with Crippen LogP contribution in [0, 0.1) is 0 Å². The van der Waals surface area contributed by atoms with Crippen molar-refractivity contribution in [2.45, 2.75) is 25.6 Å². The lowest BCUT2D eigenvalue weighted by Crippen LogP contribution is -2.26. The topological polar surface area (TPSA) is 82.3 Å². The van der Waals surface area contributed by atoms with E-state index >= 15 is 0 Å². The van der Waals surface area contributed by atoms with E-state index in [4.69, 9.17) is 32.9 Å². The van der Waals surface area contributed by atoms with Crippen molar-refractivity contribution in [3.8, 4) is 0 Å². The third-order valence-corrected chi connectivity index (χ3v) is 6.04. The molecule has 1 aromatic heterocycles. The molecule has 160 valence electrons. The molecule has 1 aromatic carbocycles. The van der Waals surface area contributed by atoms with Gasteiger partial charge in [0.05, 0.1) is 41.7 Å². The molecule has 0 spiro atoms. The van der Waals surface area contributed by atoms with E-state index in [1.165, 1.54) is 0 Å². The number of hydrogen-bond acceptors (Lipinski definition) is 5. The average Bonchev–Trinajstić information content (AvgIpc) is 3.35. The number of ether oxygens (including phenoxy) is 1. The first kappa shape index (κ1) is 20.9. The molecule has 1 unspecified atom stereocenters. The van der Waals surface area contributed by atoms with Crippen LogP contribution in [0.2, 0.25) is 0 Å². The van der Waals surface area contributed by atoms with Crippen molar-refractivity contribution in [3.63, 3.8) is 0 Å². The number of anilines is 1. The molecule has 2 aliphatic heterocycles. The van der Waals surface area contributed by atoms with Crippen LogP contribution in [0.4, 0.5) is 10.2 Å². The average molecular weight is 432 g/mol. The predicted molar refractivity (Wildman–Crippen MR) is 119 cm³/mol. The van der Waals surface area contributed by atoms with E-state index in [1.54, 1.807) is 4.68 Å². The fraction of sp³-hybridized carbons (Fsp3) is 0.409. The molecule has 0 bridgehead atoms. The fourth-order valence-electron chi connectivity index (χ4n) is 3.93. The highest BCUT2D eigenvalue weighted by Gasteiger charge is 2.25. The summed E-state index contributed by atoms with van der Waals surface area (Å²) in [6.07, 6.45) is 2.58. The summed E-state index contributed by atoms with van der Waals surface area (Å²) < 4.78 is 20.7. The van der Waals surface area contributed by atoms with Crippen molar-refractivity contribution in [2.24, 2.45) is 5.73 Å². The second-order valence-corrected chi connectivity index (χ2v) is 8.04. The Kier molecular flexibility index (Phi) is 6.41. The van der Waals surface area contributed by atoms with Crippen LogP contribution in [0.25, 0.3) is 16.3 Å². The molecular formula is C22H27ClFN5O. The normalized spacial score (nSPS) is 20.9. The second kappa shape index (κ2) is 9.20. The van der Waals surface area contributed by atoms with Crippen molar-refractivity contribution >= 4 is 33.7 Å². The van der Waals surface area contributed by atoms with Crippen molar-refractivity contribution in [1.82, 2.24) is 14.7 Å². The molecule has 30 heavy (non-hydrogen) atoms. The van der Waals surface area contributed by atoms with Crippen LogP contribution in [0.5, 0.6) is 0 Å². The smallest absolute Gasteiger partial charge is 0.131 e. The van der Waals surface area contributed by atoms with Gasteiger partial charge in [-0.15, -0.1) is 0 Å². The number of aromatic nitrogens is 2. The summed E-state index contributed by atoms with van der Waals surface area (Å²) in [6, 6.07) is 9.57. The molecule has 1 atom stereocenters. The van der Waals surface area contributed by atoms with Crippen LogP contribution in [0.3, 0.4) is 0 Å². The van der Waals surface area contributed by atoms with Crippen LogP contribution in [-0.4, -0.2) is 53.7 Å². The Bertz CT molecular complexity index is 956. The Morgan fingerprint density at radius 1 is 1.27 bits per heavy atom. The SMILES string of the molecule is N/C(=C(/Cl)c1c(C2=CCOCC2)nn(CCN2CCC(F)C2)c1N)c1ccccc1. The maximum Gasteiger partial charge on any atom is 0.131 e. The summed E-state index contributed by atoms with van der Waals surface area (Å²) in [5.41, 5.74) is 16.6. The van der Waals surface area contributed by atoms with Gasteiger partial charge >= 0.3 is 0 Å². The van der Waals surface area contributed by atoms with Crippen LogP contribution in [0.1, 0.15) is 29.7 Å². The zero-order valence-electron chi connectivity index (χ0n) is 16.9. The van der Waals surface area contributed by atoms with Crippen molar-refractivity contribution in [1.29, 1.82) is 0 Å². The van der Waals surface area contributed by atoms with Gasteiger partial charge in [-0.25, -0.2) is 9.07 Å². The monoisotopic (exact) mass is 431 g/mol. The first-order valence-corrected chi connectivity index (χ1v) is 10.6. The van der Waals surface area contributed by atoms with E-state index < -0.39 is 6.17 Å². The van der Waals surface area contributed by atoms with Crippen LogP contribution in [-0.2, 0) is 11.3 Å². The first-order valence-electron chi connectivity index (χ1n) is 10.3. The highest BCUT2D eigenvalue weighted by molar-refractivity contribution is 6.53. The number of nitrogens with zero attached hydrogens (tertiary/aromatic N) is 3. The van der Waals surface area contributed by atoms with E-state index in [1.807, 2.05) is 36.4 Å². The van der Waals surface area contributed by atoms with Gasteiger partial charge in [-0.2, -0.15) is 5.10 Å². The van der Waals surface area contributed by atoms with Crippen LogP contribution in [0.15, 0.2) is 36.4 Å². The third kappa shape index (κ3) is 4.38. The van der Waals surface area contributed by atoms with E-state index in [0.717, 1.165) is 29.8 Å². The lowest BCUT2D eigenvalue weighted by atomic mass is 10.0. The summed E-state index contributed by atoms with van der Waals surface area (Å²) in [7, 11) is 0. The van der Waals surface area contributed by atoms with Gasteiger partial charge in [0.2, 0.25) is 0 Å². The third-order valence-electron chi connectivity index (χ3n) is 5.64. The highest BCUT2D eigenvalue weighted by Crippen LogP contribution is 2.37. The summed E-state index contributed by atoms with van der Waals surface area (Å²) in [6.45, 7) is 3.62. The van der Waals surface area contributed by atoms with E-state index in [9.17, 15) is 4.39 Å². The van der Waals surface area contributed by atoms with Crippen molar-refractivity contribution in [2.75, 3.05) is 38.6 Å². The molecule has 0 saturated carbocycles. The van der Waals surface area contributed by atoms with Crippen molar-refractivity contribution in [3.05, 3.63) is 53.2 Å². The molecule has 0 radical (unpaired) electrons. The summed E-state index contributed by atoms with van der Waals surface area (Å²) in [4.78, 5) is 2.09. The quantitative estimate of drug-likeness (QED) is 0.733. The standard InChI is InChI=1S/C22H27ClFN5O/c23-19(20(25)15-4-2-1-3-5-15)18-21(16-7-12-30-13-8-16)27-29(22(18)26)11-10-28-9-6-17(24)14-28/h1-5,7,17H,6,8-14,25-26H2/b20-19+. The number of benzene rings is 1. The number of nitrogens with two attached hydrogens (primary N) is 2. The number of halogens is 2. The highest BCUT2D eigenvalue weighted by atomic mass is 35.5. The van der Waals surface area contributed by atoms with Gasteiger partial charge in [-0.1, -0.05) is 48.0 Å². The van der Waals surface area contributed by atoms with Gasteiger partial charge in [-0.3, -0.25) is 4.90 Å². The van der Waals surface area contributed by atoms with Gasteiger partial charge < -0.3 is 16.2 Å². The maximum atomic E-state index is 13.5. The minimum atomic E-state index is -0.749. The number of hydrogen-bond donors (Lipinski definition) is 2. The Morgan fingerprint density at radius 2 is 2.07 bits per heavy atom. The number of alkyl halides is 1. The van der Waals surface area contributed by atoms with E-state index in [-0.39, 0.29) is 0 Å². The summed E-state index contributed by atoms with van der Waals surface area (Å²) in [5.74, 6) is 0.470. The first-order chi connectivity index (χ1) is 14.5. The largest absolute Gasteiger partial charge is 0.397 e. The van der Waals surface area contributed by atoms with E-state index in [2.05, 4.69) is 4.90 Å². The molecular weight excluding hydrogens is 405 g/mol. The Balaban J connectivity index is 1.70. The molecule has 0 aliphatic carbocycles. The number of rotatable bonds is 6. The minimum absolute atomic E-state index is 0.386. The second-order valence-electron chi connectivity index (χ2n) is 7.67. The molecule has 1 fully saturated rings. The summed E-state index contributed by atoms with van der Waals surface area (Å²) in [5, 5.41) is 5.17. The maximum absolute atomic E-state index is 13.5. The molecule has 2 aliphatic rings. The molecule has 2 aromatic rings. The van der Waals surface area contributed by atoms with Gasteiger partial charge in [0, 0.05) is 19.6 Å². The van der Waals surface area contributed by atoms with Gasteiger partial charge in [0.1, 0.15) is 12.0 Å². The number of nitrogen functional groups attached to an aromatic ring is 1. The van der Waals surface area contributed by atoms with Gasteiger partial charge in [0.15, 0.2) is 0 Å². The van der Waals surface area contributed by atoms with Gasteiger partial charge in [0.25, 0.3) is 0 Å². The minimum Gasteiger partial charge on any atom is -0.397 e. The van der Waals surface area contributed by atoms with E-state index in [0.29, 0.717) is 61.4 Å². The Labute approximate surface area is 180 Å². The Hall–Kier alpha value is -2.35. The molecule has 1 saturated heterocycles. The predicted octanol–water partition coefficient (Wildman–Crippen LogP) is 3.34. The van der Waals surface area contributed by atoms with Crippen molar-refractivity contribution < 1.29 is 9.13 Å². The molecule has 8 heteroatoms. The van der Waals surface area contributed by atoms with Gasteiger partial charge in [-0.05, 0) is 24.0 Å². The Morgan fingerprint density at radius 3 is 2.73 bits per heavy atom. The molecule has 4 N–H and O–H groups in total. The van der Waals surface area contributed by atoms with Crippen LogP contribution >= 0.6 is 11.6 Å². The zero-order chi connectivity index (χ0) is 21.1. The summed E-state index contributed by atoms with van der Waals surface area (Å²) >= 11 is 6.78. The lowest BCUT2D eigenvalue weighted by Gasteiger charge is -2.15. The molecule has 3 heterocycles. The molecule has 4 rings (SSSR count). The van der Waals surface area contributed by atoms with Crippen LogP contribution < -0.4 is 11.5 Å². The number of likely N-dealkylation sites (tertiary alicyclic amines) is 1.